The highest BCUT2D eigenvalue weighted by molar-refractivity contribution is 5.94. The Kier molecular flexibility index (Phi) is 6.32. The van der Waals surface area contributed by atoms with Crippen molar-refractivity contribution in [2.45, 2.75) is 19.4 Å². The fraction of sp³-hybridized carbons (Fsp3) is 0.222. The molecule has 23 heavy (non-hydrogen) atoms. The summed E-state index contributed by atoms with van der Waals surface area (Å²) < 4.78 is 0. The molecule has 5 nitrogen and oxygen atoms in total. The van der Waals surface area contributed by atoms with E-state index < -0.39 is 5.97 Å². The van der Waals surface area contributed by atoms with Crippen molar-refractivity contribution in [1.29, 1.82) is 0 Å². The van der Waals surface area contributed by atoms with Crippen LogP contribution in [0.25, 0.3) is 0 Å². The minimum Gasteiger partial charge on any atom is -0.334 e. The van der Waals surface area contributed by atoms with Gasteiger partial charge in [0.15, 0.2) is 0 Å². The van der Waals surface area contributed by atoms with Crippen molar-refractivity contribution in [1.82, 2.24) is 4.90 Å². The van der Waals surface area contributed by atoms with Crippen LogP contribution in [0.3, 0.4) is 0 Å². The molecule has 0 aliphatic heterocycles. The zero-order valence-electron chi connectivity index (χ0n) is 12.7. The summed E-state index contributed by atoms with van der Waals surface area (Å²) in [5, 5.41) is 8.29. The molecule has 2 rings (SSSR count). The summed E-state index contributed by atoms with van der Waals surface area (Å²) in [5.41, 5.74) is 1.62. The lowest BCUT2D eigenvalue weighted by Crippen LogP contribution is -2.31. The molecule has 0 aromatic heterocycles. The minimum atomic E-state index is -0.697. The summed E-state index contributed by atoms with van der Waals surface area (Å²) in [4.78, 5) is 29.0. The quantitative estimate of drug-likeness (QED) is 0.630. The maximum Gasteiger partial charge on any atom is 0.342 e. The molecule has 0 heterocycles. The van der Waals surface area contributed by atoms with Crippen LogP contribution in [0.5, 0.6) is 0 Å². The first kappa shape index (κ1) is 16.7. The smallest absolute Gasteiger partial charge is 0.334 e. The van der Waals surface area contributed by atoms with Crippen LogP contribution in [0.2, 0.25) is 0 Å². The Balaban J connectivity index is 2.07. The van der Waals surface area contributed by atoms with Crippen LogP contribution < -0.4 is 0 Å². The fourth-order valence-electron chi connectivity index (χ4n) is 2.28. The van der Waals surface area contributed by atoms with Crippen LogP contribution in [0, 0.1) is 0 Å². The number of hydrogen-bond donors (Lipinski definition) is 1. The van der Waals surface area contributed by atoms with Crippen LogP contribution in [-0.4, -0.2) is 28.6 Å². The number of rotatable bonds is 7. The highest BCUT2D eigenvalue weighted by Gasteiger charge is 2.16. The minimum absolute atomic E-state index is 0.0594. The molecule has 0 aliphatic rings. The summed E-state index contributed by atoms with van der Waals surface area (Å²) in [6.45, 7) is 0.862. The number of nitrogens with zero attached hydrogens (tertiary/aromatic N) is 1. The Morgan fingerprint density at radius 2 is 1.57 bits per heavy atom. The summed E-state index contributed by atoms with van der Waals surface area (Å²) >= 11 is 0. The molecule has 1 amide bonds. The molecule has 1 N–H and O–H groups in total. The van der Waals surface area contributed by atoms with Gasteiger partial charge in [0.25, 0.3) is 5.91 Å². The van der Waals surface area contributed by atoms with E-state index in [9.17, 15) is 9.59 Å². The van der Waals surface area contributed by atoms with Gasteiger partial charge in [-0.2, -0.15) is 5.26 Å². The largest absolute Gasteiger partial charge is 0.342 e. The van der Waals surface area contributed by atoms with Gasteiger partial charge in [-0.25, -0.2) is 4.79 Å². The van der Waals surface area contributed by atoms with Crippen LogP contribution in [0.4, 0.5) is 0 Å². The van der Waals surface area contributed by atoms with E-state index in [-0.39, 0.29) is 12.3 Å². The van der Waals surface area contributed by atoms with Crippen LogP contribution in [0.15, 0.2) is 60.7 Å². The van der Waals surface area contributed by atoms with E-state index in [4.69, 9.17) is 5.26 Å². The third-order valence-electron chi connectivity index (χ3n) is 3.43. The predicted molar refractivity (Wildman–Crippen MR) is 85.6 cm³/mol. The van der Waals surface area contributed by atoms with Gasteiger partial charge in [0.05, 0.1) is 6.42 Å². The van der Waals surface area contributed by atoms with Crippen molar-refractivity contribution in [2.24, 2.45) is 0 Å². The Bertz CT molecular complexity index is 628. The third kappa shape index (κ3) is 5.23. The summed E-state index contributed by atoms with van der Waals surface area (Å²) in [6.07, 6.45) is 0.481. The van der Waals surface area contributed by atoms with Gasteiger partial charge in [0.2, 0.25) is 0 Å². The van der Waals surface area contributed by atoms with Crippen LogP contribution in [0.1, 0.15) is 28.8 Å². The van der Waals surface area contributed by atoms with Crippen LogP contribution in [-0.2, 0) is 16.2 Å². The lowest BCUT2D eigenvalue weighted by atomic mass is 10.1. The van der Waals surface area contributed by atoms with Crippen LogP contribution >= 0.6 is 0 Å². The average molecular weight is 313 g/mol. The number of carbonyl (C=O) groups excluding carboxylic acids is 2. The Labute approximate surface area is 135 Å². The van der Waals surface area contributed by atoms with E-state index in [2.05, 4.69) is 4.89 Å². The van der Waals surface area contributed by atoms with Gasteiger partial charge in [-0.1, -0.05) is 48.5 Å². The van der Waals surface area contributed by atoms with Crippen molar-refractivity contribution < 1.29 is 19.7 Å². The molecule has 0 saturated carbocycles. The van der Waals surface area contributed by atoms with Crippen molar-refractivity contribution in [3.05, 3.63) is 71.8 Å². The zero-order chi connectivity index (χ0) is 16.5. The summed E-state index contributed by atoms with van der Waals surface area (Å²) in [7, 11) is 0. The first-order valence-electron chi connectivity index (χ1n) is 7.43. The van der Waals surface area contributed by atoms with Gasteiger partial charge >= 0.3 is 5.97 Å². The number of hydrogen-bond acceptors (Lipinski definition) is 4. The van der Waals surface area contributed by atoms with E-state index in [0.29, 0.717) is 25.1 Å². The molecule has 2 aromatic carbocycles. The topological polar surface area (TPSA) is 66.8 Å². The zero-order valence-corrected chi connectivity index (χ0v) is 12.7. The summed E-state index contributed by atoms with van der Waals surface area (Å²) in [5.74, 6) is -0.788. The molecule has 0 unspecified atom stereocenters. The van der Waals surface area contributed by atoms with Gasteiger partial charge in [-0.15, -0.1) is 0 Å². The Morgan fingerprint density at radius 3 is 2.17 bits per heavy atom. The normalized spacial score (nSPS) is 10.1. The molecule has 0 spiro atoms. The second-order valence-corrected chi connectivity index (χ2v) is 5.15. The number of carbonyl (C=O) groups is 2. The van der Waals surface area contributed by atoms with Crippen molar-refractivity contribution in [2.75, 3.05) is 6.54 Å². The van der Waals surface area contributed by atoms with Gasteiger partial charge in [0.1, 0.15) is 0 Å². The average Bonchev–Trinajstić information content (AvgIpc) is 2.61. The molecule has 0 aliphatic carbocycles. The molecule has 5 heteroatoms. The van der Waals surface area contributed by atoms with E-state index in [1.165, 1.54) is 0 Å². The molecule has 2 aromatic rings. The number of benzene rings is 2. The lowest BCUT2D eigenvalue weighted by Gasteiger charge is -2.23. The van der Waals surface area contributed by atoms with E-state index >= 15 is 0 Å². The molecule has 0 bridgehead atoms. The maximum absolute atomic E-state index is 12.7. The molecule has 0 saturated heterocycles. The highest BCUT2D eigenvalue weighted by atomic mass is 17.1. The SMILES string of the molecule is O=C(CCCN(Cc1ccccc1)C(=O)c1ccccc1)OO. The van der Waals surface area contributed by atoms with Crippen molar-refractivity contribution >= 4 is 11.9 Å². The fourth-order valence-corrected chi connectivity index (χ4v) is 2.28. The molecule has 120 valence electrons. The van der Waals surface area contributed by atoms with E-state index in [0.717, 1.165) is 5.56 Å². The molecule has 0 fully saturated rings. The monoisotopic (exact) mass is 313 g/mol. The van der Waals surface area contributed by atoms with Gasteiger partial charge in [0, 0.05) is 18.7 Å². The van der Waals surface area contributed by atoms with E-state index in [1.807, 2.05) is 48.5 Å². The Morgan fingerprint density at radius 1 is 0.957 bits per heavy atom. The molecule has 0 radical (unpaired) electrons. The van der Waals surface area contributed by atoms with E-state index in [1.54, 1.807) is 17.0 Å². The first-order chi connectivity index (χ1) is 11.2. The molecular weight excluding hydrogens is 294 g/mol. The molecular formula is C18H19NO4. The van der Waals surface area contributed by atoms with Gasteiger partial charge in [-0.05, 0) is 24.1 Å². The second-order valence-electron chi connectivity index (χ2n) is 5.15. The lowest BCUT2D eigenvalue weighted by molar-refractivity contribution is -0.234. The van der Waals surface area contributed by atoms with Gasteiger partial charge < -0.3 is 9.79 Å². The number of amides is 1. The van der Waals surface area contributed by atoms with Gasteiger partial charge in [-0.3, -0.25) is 4.79 Å². The first-order valence-corrected chi connectivity index (χ1v) is 7.43. The highest BCUT2D eigenvalue weighted by Crippen LogP contribution is 2.11. The summed E-state index contributed by atoms with van der Waals surface area (Å²) in [6, 6.07) is 18.7. The van der Waals surface area contributed by atoms with Crippen molar-refractivity contribution in [3.63, 3.8) is 0 Å². The predicted octanol–water partition coefficient (Wildman–Crippen LogP) is 3.13. The second kappa shape index (κ2) is 8.70. The standard InChI is InChI=1S/C18H19NO4/c20-17(23-22)12-7-13-19(14-15-8-3-1-4-9-15)18(21)16-10-5-2-6-11-16/h1-6,8-11,22H,7,12-14H2. The molecule has 0 atom stereocenters. The Hall–Kier alpha value is -2.66. The third-order valence-corrected chi connectivity index (χ3v) is 3.43. The van der Waals surface area contributed by atoms with Crippen molar-refractivity contribution in [3.8, 4) is 0 Å². The maximum atomic E-state index is 12.7.